The Morgan fingerprint density at radius 2 is 1.92 bits per heavy atom. The van der Waals surface area contributed by atoms with Crippen molar-refractivity contribution in [2.24, 2.45) is 10.7 Å². The standard InChI is InChI=1S/C16H32N4O3S/c1-2-3-4-5-6-7-10-18-16(17)19-11-8-15(21)20-14-9-12-24(22,23)13-14/h14H,2-13H2,1H3,(H,20,21)(H3,17,18,19). The molecule has 0 saturated carbocycles. The van der Waals surface area contributed by atoms with Crippen LogP contribution >= 0.6 is 0 Å². The van der Waals surface area contributed by atoms with Crippen molar-refractivity contribution in [1.29, 1.82) is 0 Å². The first-order valence-electron chi connectivity index (χ1n) is 8.96. The summed E-state index contributed by atoms with van der Waals surface area (Å²) in [6, 6.07) is -0.249. The number of carbonyl (C=O) groups is 1. The Morgan fingerprint density at radius 3 is 2.58 bits per heavy atom. The number of nitrogens with zero attached hydrogens (tertiary/aromatic N) is 1. The van der Waals surface area contributed by atoms with E-state index in [4.69, 9.17) is 5.73 Å². The lowest BCUT2D eigenvalue weighted by atomic mass is 10.1. The van der Waals surface area contributed by atoms with E-state index in [0.717, 1.165) is 6.42 Å². The number of aliphatic imine (C=N–C) groups is 1. The van der Waals surface area contributed by atoms with Crippen molar-refractivity contribution in [2.75, 3.05) is 24.6 Å². The Kier molecular flexibility index (Phi) is 9.75. The van der Waals surface area contributed by atoms with Crippen LogP contribution in [0.15, 0.2) is 4.99 Å². The highest BCUT2D eigenvalue weighted by atomic mass is 32.2. The van der Waals surface area contributed by atoms with Crippen LogP contribution in [0, 0.1) is 0 Å². The molecular formula is C16H32N4O3S. The largest absolute Gasteiger partial charge is 0.370 e. The van der Waals surface area contributed by atoms with Crippen molar-refractivity contribution in [3.8, 4) is 0 Å². The van der Waals surface area contributed by atoms with Crippen molar-refractivity contribution in [1.82, 2.24) is 10.6 Å². The highest BCUT2D eigenvalue weighted by molar-refractivity contribution is 7.91. The summed E-state index contributed by atoms with van der Waals surface area (Å²) in [6.07, 6.45) is 8.03. The molecule has 1 unspecified atom stereocenters. The van der Waals surface area contributed by atoms with Crippen LogP contribution in [0.2, 0.25) is 0 Å². The fourth-order valence-electron chi connectivity index (χ4n) is 2.66. The number of nitrogens with two attached hydrogens (primary N) is 1. The number of amides is 1. The number of guanidine groups is 1. The SMILES string of the molecule is CCCCCCCCN=C(N)NCCC(=O)NC1CCS(=O)(=O)C1. The second-order valence-corrected chi connectivity index (χ2v) is 8.61. The van der Waals surface area contributed by atoms with Crippen molar-refractivity contribution in [3.63, 3.8) is 0 Å². The number of nitrogens with one attached hydrogen (secondary N) is 2. The Labute approximate surface area is 145 Å². The van der Waals surface area contributed by atoms with Crippen LogP contribution in [-0.4, -0.2) is 50.9 Å². The predicted octanol–water partition coefficient (Wildman–Crippen LogP) is 0.945. The van der Waals surface area contributed by atoms with E-state index in [0.29, 0.717) is 25.5 Å². The van der Waals surface area contributed by atoms with Crippen molar-refractivity contribution in [2.45, 2.75) is 64.3 Å². The molecule has 0 bridgehead atoms. The third kappa shape index (κ3) is 9.75. The summed E-state index contributed by atoms with van der Waals surface area (Å²) >= 11 is 0. The van der Waals surface area contributed by atoms with Crippen molar-refractivity contribution >= 4 is 21.7 Å². The predicted molar refractivity (Wildman–Crippen MR) is 97.7 cm³/mol. The number of unbranched alkanes of at least 4 members (excludes halogenated alkanes) is 5. The normalized spacial score (nSPS) is 20.0. The molecule has 1 amide bonds. The molecule has 0 aromatic heterocycles. The van der Waals surface area contributed by atoms with Crippen molar-refractivity contribution in [3.05, 3.63) is 0 Å². The zero-order valence-electron chi connectivity index (χ0n) is 14.7. The van der Waals surface area contributed by atoms with E-state index in [1.54, 1.807) is 0 Å². The molecule has 1 heterocycles. The van der Waals surface area contributed by atoms with Gasteiger partial charge in [0.15, 0.2) is 15.8 Å². The lowest BCUT2D eigenvalue weighted by Gasteiger charge is -2.11. The van der Waals surface area contributed by atoms with Gasteiger partial charge in [0, 0.05) is 25.6 Å². The molecule has 0 spiro atoms. The van der Waals surface area contributed by atoms with Gasteiger partial charge in [0.05, 0.1) is 11.5 Å². The Morgan fingerprint density at radius 1 is 1.21 bits per heavy atom. The molecule has 1 rings (SSSR count). The first-order valence-corrected chi connectivity index (χ1v) is 10.8. The average molecular weight is 361 g/mol. The third-order valence-electron chi connectivity index (χ3n) is 4.05. The van der Waals surface area contributed by atoms with Gasteiger partial charge < -0.3 is 16.4 Å². The third-order valence-corrected chi connectivity index (χ3v) is 5.82. The molecule has 7 nitrogen and oxygen atoms in total. The van der Waals surface area contributed by atoms with Gasteiger partial charge in [0.25, 0.3) is 0 Å². The van der Waals surface area contributed by atoms with Crippen LogP contribution in [0.3, 0.4) is 0 Å². The van der Waals surface area contributed by atoms with E-state index >= 15 is 0 Å². The molecule has 0 aromatic carbocycles. The van der Waals surface area contributed by atoms with Crippen LogP contribution < -0.4 is 16.4 Å². The minimum Gasteiger partial charge on any atom is -0.370 e. The van der Waals surface area contributed by atoms with Crippen LogP contribution in [0.1, 0.15) is 58.3 Å². The van der Waals surface area contributed by atoms with Gasteiger partial charge in [0.2, 0.25) is 5.91 Å². The molecule has 0 aromatic rings. The lowest BCUT2D eigenvalue weighted by Crippen LogP contribution is -2.39. The van der Waals surface area contributed by atoms with E-state index < -0.39 is 9.84 Å². The molecule has 24 heavy (non-hydrogen) atoms. The lowest BCUT2D eigenvalue weighted by molar-refractivity contribution is -0.121. The first-order chi connectivity index (χ1) is 11.4. The molecule has 1 aliphatic heterocycles. The van der Waals surface area contributed by atoms with E-state index in [2.05, 4.69) is 22.5 Å². The van der Waals surface area contributed by atoms with Crippen molar-refractivity contribution < 1.29 is 13.2 Å². The zero-order chi connectivity index (χ0) is 17.8. The summed E-state index contributed by atoms with van der Waals surface area (Å²) in [5, 5.41) is 5.66. The number of hydrogen-bond acceptors (Lipinski definition) is 4. The number of carbonyl (C=O) groups excluding carboxylic acids is 1. The average Bonchev–Trinajstić information content (AvgIpc) is 2.85. The second-order valence-electron chi connectivity index (χ2n) is 6.38. The van der Waals surface area contributed by atoms with Gasteiger partial charge in [-0.1, -0.05) is 39.0 Å². The monoisotopic (exact) mass is 360 g/mol. The summed E-state index contributed by atoms with van der Waals surface area (Å²) in [7, 11) is -2.97. The van der Waals surface area contributed by atoms with E-state index in [1.807, 2.05) is 0 Å². The summed E-state index contributed by atoms with van der Waals surface area (Å²) in [6.45, 7) is 3.31. The summed E-state index contributed by atoms with van der Waals surface area (Å²) in [5.41, 5.74) is 5.75. The minimum atomic E-state index is -2.97. The van der Waals surface area contributed by atoms with E-state index in [9.17, 15) is 13.2 Å². The van der Waals surface area contributed by atoms with Crippen LogP contribution in [0.5, 0.6) is 0 Å². The maximum Gasteiger partial charge on any atom is 0.222 e. The van der Waals surface area contributed by atoms with Gasteiger partial charge in [-0.3, -0.25) is 9.79 Å². The Hall–Kier alpha value is -1.31. The topological polar surface area (TPSA) is 114 Å². The van der Waals surface area contributed by atoms with E-state index in [-0.39, 0.29) is 29.9 Å². The quantitative estimate of drug-likeness (QED) is 0.288. The Balaban J connectivity index is 2.04. The molecule has 0 radical (unpaired) electrons. The van der Waals surface area contributed by atoms with E-state index in [1.165, 1.54) is 32.1 Å². The molecule has 4 N–H and O–H groups in total. The fraction of sp³-hybridized carbons (Fsp3) is 0.875. The first kappa shape index (κ1) is 20.7. The van der Waals surface area contributed by atoms with Gasteiger partial charge >= 0.3 is 0 Å². The maximum absolute atomic E-state index is 11.8. The minimum absolute atomic E-state index is 0.0496. The highest BCUT2D eigenvalue weighted by Crippen LogP contribution is 2.11. The van der Waals surface area contributed by atoms with Gasteiger partial charge in [-0.2, -0.15) is 0 Å². The van der Waals surface area contributed by atoms with Gasteiger partial charge in [-0.05, 0) is 12.8 Å². The summed E-state index contributed by atoms with van der Waals surface area (Å²) < 4.78 is 22.7. The van der Waals surface area contributed by atoms with Crippen LogP contribution in [-0.2, 0) is 14.6 Å². The molecule has 8 heteroatoms. The molecule has 1 saturated heterocycles. The molecule has 1 fully saturated rings. The van der Waals surface area contributed by atoms with Gasteiger partial charge in [-0.15, -0.1) is 0 Å². The molecule has 140 valence electrons. The molecule has 1 aliphatic rings. The number of rotatable bonds is 11. The van der Waals surface area contributed by atoms with Gasteiger partial charge in [-0.25, -0.2) is 8.42 Å². The molecule has 1 atom stereocenters. The number of sulfone groups is 1. The number of hydrogen-bond donors (Lipinski definition) is 3. The fourth-order valence-corrected chi connectivity index (χ4v) is 4.33. The zero-order valence-corrected chi connectivity index (χ0v) is 15.5. The highest BCUT2D eigenvalue weighted by Gasteiger charge is 2.28. The van der Waals surface area contributed by atoms with Gasteiger partial charge in [0.1, 0.15) is 0 Å². The maximum atomic E-state index is 11.8. The molecular weight excluding hydrogens is 328 g/mol. The van der Waals surface area contributed by atoms with Crippen LogP contribution in [0.25, 0.3) is 0 Å². The smallest absolute Gasteiger partial charge is 0.222 e. The Bertz CT molecular complexity index is 505. The molecule has 0 aliphatic carbocycles. The second kappa shape index (κ2) is 11.3. The van der Waals surface area contributed by atoms with Crippen LogP contribution in [0.4, 0.5) is 0 Å². The summed E-state index contributed by atoms with van der Waals surface area (Å²) in [5.74, 6) is 0.413. The summed E-state index contributed by atoms with van der Waals surface area (Å²) in [4.78, 5) is 16.0.